The van der Waals surface area contributed by atoms with Crippen LogP contribution in [0.4, 0.5) is 0 Å². The monoisotopic (exact) mass is 282 g/mol. The Hall–Kier alpha value is -0.530. The van der Waals surface area contributed by atoms with Crippen molar-refractivity contribution in [3.05, 3.63) is 0 Å². The van der Waals surface area contributed by atoms with Gasteiger partial charge in [0.2, 0.25) is 0 Å². The lowest BCUT2D eigenvalue weighted by Gasteiger charge is -2.14. The fourth-order valence-corrected chi connectivity index (χ4v) is 3.04. The van der Waals surface area contributed by atoms with Crippen LogP contribution in [0.25, 0.3) is 0 Å². The zero-order chi connectivity index (χ0) is 14.5. The van der Waals surface area contributed by atoms with E-state index in [4.69, 9.17) is 4.74 Å². The van der Waals surface area contributed by atoms with E-state index in [0.717, 1.165) is 6.42 Å². The molecule has 1 aliphatic rings. The summed E-state index contributed by atoms with van der Waals surface area (Å²) in [4.78, 5) is 11.7. The molecule has 0 saturated heterocycles. The number of hydrogen-bond donors (Lipinski definition) is 0. The molecule has 2 heteroatoms. The van der Waals surface area contributed by atoms with Gasteiger partial charge in [0.1, 0.15) is 0 Å². The van der Waals surface area contributed by atoms with Crippen LogP contribution < -0.4 is 0 Å². The molecule has 0 amide bonds. The van der Waals surface area contributed by atoms with Gasteiger partial charge in [0.05, 0.1) is 6.61 Å². The molecule has 0 aliphatic heterocycles. The Morgan fingerprint density at radius 1 is 0.900 bits per heavy atom. The summed E-state index contributed by atoms with van der Waals surface area (Å²) in [6.45, 7) is 2.92. The summed E-state index contributed by atoms with van der Waals surface area (Å²) in [5, 5.41) is 0. The number of carbonyl (C=O) groups excluding carboxylic acids is 1. The van der Waals surface area contributed by atoms with Crippen LogP contribution in [0.1, 0.15) is 96.8 Å². The van der Waals surface area contributed by atoms with E-state index in [0.29, 0.717) is 18.9 Å². The first-order valence-electron chi connectivity index (χ1n) is 8.98. The molecule has 1 saturated carbocycles. The summed E-state index contributed by atoms with van der Waals surface area (Å²) >= 11 is 0. The molecule has 1 fully saturated rings. The third-order valence-electron chi connectivity index (χ3n) is 4.44. The minimum absolute atomic E-state index is 0.0304. The maximum absolute atomic E-state index is 11.7. The second-order valence-corrected chi connectivity index (χ2v) is 6.41. The molecule has 2 nitrogen and oxygen atoms in total. The number of rotatable bonds is 10. The molecule has 1 aliphatic carbocycles. The van der Waals surface area contributed by atoms with Gasteiger partial charge in [0.15, 0.2) is 0 Å². The SMILES string of the molecule is CCCCCCCCCC(=O)OCC1CCCCCC1. The maximum atomic E-state index is 11.7. The second-order valence-electron chi connectivity index (χ2n) is 6.41. The first-order valence-corrected chi connectivity index (χ1v) is 8.98. The van der Waals surface area contributed by atoms with Crippen LogP contribution in [0.3, 0.4) is 0 Å². The topological polar surface area (TPSA) is 26.3 Å². The summed E-state index contributed by atoms with van der Waals surface area (Å²) in [5.41, 5.74) is 0. The van der Waals surface area contributed by atoms with Gasteiger partial charge in [-0.1, -0.05) is 71.1 Å². The van der Waals surface area contributed by atoms with E-state index in [1.807, 2.05) is 0 Å². The largest absolute Gasteiger partial charge is 0.465 e. The van der Waals surface area contributed by atoms with E-state index in [1.165, 1.54) is 77.0 Å². The van der Waals surface area contributed by atoms with Crippen LogP contribution in [-0.2, 0) is 9.53 Å². The van der Waals surface area contributed by atoms with E-state index in [-0.39, 0.29) is 5.97 Å². The highest BCUT2D eigenvalue weighted by Gasteiger charge is 2.14. The fourth-order valence-electron chi connectivity index (χ4n) is 3.04. The smallest absolute Gasteiger partial charge is 0.305 e. The lowest BCUT2D eigenvalue weighted by molar-refractivity contribution is -0.145. The number of ether oxygens (including phenoxy) is 1. The first kappa shape index (κ1) is 17.5. The molecule has 0 aromatic heterocycles. The van der Waals surface area contributed by atoms with Gasteiger partial charge < -0.3 is 4.74 Å². The van der Waals surface area contributed by atoms with Crippen molar-refractivity contribution in [2.24, 2.45) is 5.92 Å². The normalized spacial score (nSPS) is 16.9. The third kappa shape index (κ3) is 9.39. The summed E-state index contributed by atoms with van der Waals surface area (Å²) in [6, 6.07) is 0. The Bertz CT molecular complexity index is 230. The van der Waals surface area contributed by atoms with E-state index in [2.05, 4.69) is 6.92 Å². The number of esters is 1. The summed E-state index contributed by atoms with van der Waals surface area (Å²) in [6.07, 6.45) is 17.3. The highest BCUT2D eigenvalue weighted by Crippen LogP contribution is 2.23. The predicted octanol–water partition coefficient (Wildman–Crippen LogP) is 5.64. The van der Waals surface area contributed by atoms with E-state index >= 15 is 0 Å². The molecule has 0 heterocycles. The zero-order valence-corrected chi connectivity index (χ0v) is 13.5. The van der Waals surface area contributed by atoms with Crippen molar-refractivity contribution in [3.8, 4) is 0 Å². The van der Waals surface area contributed by atoms with Gasteiger partial charge in [0.25, 0.3) is 0 Å². The quantitative estimate of drug-likeness (QED) is 0.294. The van der Waals surface area contributed by atoms with Gasteiger partial charge in [0, 0.05) is 6.42 Å². The Morgan fingerprint density at radius 3 is 2.15 bits per heavy atom. The Labute approximate surface area is 125 Å². The lowest BCUT2D eigenvalue weighted by Crippen LogP contribution is -2.13. The van der Waals surface area contributed by atoms with Gasteiger partial charge in [-0.05, 0) is 25.2 Å². The molecular formula is C18H34O2. The highest BCUT2D eigenvalue weighted by molar-refractivity contribution is 5.69. The average Bonchev–Trinajstić information content (AvgIpc) is 2.73. The van der Waals surface area contributed by atoms with Crippen LogP contribution in [0.2, 0.25) is 0 Å². The van der Waals surface area contributed by atoms with Gasteiger partial charge >= 0.3 is 5.97 Å². The molecule has 0 N–H and O–H groups in total. The van der Waals surface area contributed by atoms with Gasteiger partial charge in [-0.2, -0.15) is 0 Å². The van der Waals surface area contributed by atoms with E-state index in [9.17, 15) is 4.79 Å². The third-order valence-corrected chi connectivity index (χ3v) is 4.44. The molecule has 20 heavy (non-hydrogen) atoms. The summed E-state index contributed by atoms with van der Waals surface area (Å²) < 4.78 is 5.44. The van der Waals surface area contributed by atoms with Crippen molar-refractivity contribution in [1.29, 1.82) is 0 Å². The summed E-state index contributed by atoms with van der Waals surface area (Å²) in [5.74, 6) is 0.665. The van der Waals surface area contributed by atoms with Crippen LogP contribution in [0.15, 0.2) is 0 Å². The Balaban J connectivity index is 1.92. The molecule has 0 aromatic rings. The van der Waals surface area contributed by atoms with Crippen LogP contribution in [0.5, 0.6) is 0 Å². The van der Waals surface area contributed by atoms with Crippen LogP contribution >= 0.6 is 0 Å². The molecule has 0 bridgehead atoms. The highest BCUT2D eigenvalue weighted by atomic mass is 16.5. The molecular weight excluding hydrogens is 248 g/mol. The lowest BCUT2D eigenvalue weighted by atomic mass is 10.0. The standard InChI is InChI=1S/C18H34O2/c1-2-3-4-5-6-7-12-15-18(19)20-16-17-13-10-8-9-11-14-17/h17H,2-16H2,1H3. The molecule has 0 aromatic carbocycles. The van der Waals surface area contributed by atoms with Gasteiger partial charge in [-0.3, -0.25) is 4.79 Å². The van der Waals surface area contributed by atoms with Crippen molar-refractivity contribution < 1.29 is 9.53 Å². The first-order chi connectivity index (χ1) is 9.83. The zero-order valence-electron chi connectivity index (χ0n) is 13.5. The number of hydrogen-bond acceptors (Lipinski definition) is 2. The van der Waals surface area contributed by atoms with Crippen molar-refractivity contribution in [3.63, 3.8) is 0 Å². The maximum Gasteiger partial charge on any atom is 0.305 e. The molecule has 0 spiro atoms. The minimum Gasteiger partial charge on any atom is -0.465 e. The van der Waals surface area contributed by atoms with Gasteiger partial charge in [-0.25, -0.2) is 0 Å². The van der Waals surface area contributed by atoms with Crippen molar-refractivity contribution in [2.75, 3.05) is 6.61 Å². The minimum atomic E-state index is 0.0304. The van der Waals surface area contributed by atoms with Crippen LogP contribution in [-0.4, -0.2) is 12.6 Å². The molecule has 0 unspecified atom stereocenters. The van der Waals surface area contributed by atoms with E-state index < -0.39 is 0 Å². The average molecular weight is 282 g/mol. The molecule has 0 radical (unpaired) electrons. The van der Waals surface area contributed by atoms with Gasteiger partial charge in [-0.15, -0.1) is 0 Å². The molecule has 0 atom stereocenters. The molecule has 1 rings (SSSR count). The number of carbonyl (C=O) groups is 1. The van der Waals surface area contributed by atoms with Crippen molar-refractivity contribution in [1.82, 2.24) is 0 Å². The summed E-state index contributed by atoms with van der Waals surface area (Å²) in [7, 11) is 0. The van der Waals surface area contributed by atoms with E-state index in [1.54, 1.807) is 0 Å². The Morgan fingerprint density at radius 2 is 1.50 bits per heavy atom. The predicted molar refractivity (Wildman–Crippen MR) is 84.8 cm³/mol. The van der Waals surface area contributed by atoms with Crippen molar-refractivity contribution >= 4 is 5.97 Å². The fraction of sp³-hybridized carbons (Fsp3) is 0.944. The molecule has 118 valence electrons. The second kappa shape index (κ2) is 12.2. The number of unbranched alkanes of at least 4 members (excludes halogenated alkanes) is 6. The van der Waals surface area contributed by atoms with Crippen LogP contribution in [0, 0.1) is 5.92 Å². The van der Waals surface area contributed by atoms with Crippen molar-refractivity contribution in [2.45, 2.75) is 96.8 Å². The Kier molecular flexibility index (Phi) is 10.7.